The number of amides is 1. The van der Waals surface area contributed by atoms with Gasteiger partial charge in [-0.25, -0.2) is 9.97 Å². The molecule has 29 heavy (non-hydrogen) atoms. The lowest BCUT2D eigenvalue weighted by atomic mass is 9.83. The van der Waals surface area contributed by atoms with Crippen LogP contribution >= 0.6 is 12.4 Å². The summed E-state index contributed by atoms with van der Waals surface area (Å²) in [6.45, 7) is 0. The van der Waals surface area contributed by atoms with Crippen molar-refractivity contribution in [2.75, 3.05) is 7.11 Å². The fourth-order valence-corrected chi connectivity index (χ4v) is 3.74. The quantitative estimate of drug-likeness (QED) is 0.638. The van der Waals surface area contributed by atoms with Crippen LogP contribution in [-0.2, 0) is 16.0 Å². The highest BCUT2D eigenvalue weighted by Gasteiger charge is 2.32. The molecule has 1 amide bonds. The number of nitrogens with two attached hydrogens (primary N) is 2. The number of para-hydroxylation sites is 2. The first-order valence-corrected chi connectivity index (χ1v) is 9.30. The van der Waals surface area contributed by atoms with E-state index >= 15 is 0 Å². The summed E-state index contributed by atoms with van der Waals surface area (Å²) in [5.41, 5.74) is 13.1. The lowest BCUT2D eigenvalue weighted by Gasteiger charge is -2.32. The Bertz CT molecular complexity index is 1010. The number of hydrogen-bond donors (Lipinski definition) is 2. The zero-order valence-corrected chi connectivity index (χ0v) is 16.9. The number of primary amides is 1. The van der Waals surface area contributed by atoms with Gasteiger partial charge in [0.05, 0.1) is 29.8 Å². The molecule has 1 aliphatic rings. The Hall–Kier alpha value is -2.62. The molecule has 1 saturated carbocycles. The third-order valence-corrected chi connectivity index (χ3v) is 5.17. The SMILES string of the molecule is CO[C@H]1C[C@@H](c2nc(CC(N)=O)nn2-c2cnc3ccccc3n2)CC[C@@H]1N.Cl. The van der Waals surface area contributed by atoms with Crippen LogP contribution in [0.5, 0.6) is 0 Å². The zero-order valence-electron chi connectivity index (χ0n) is 16.1. The number of ether oxygens (including phenoxy) is 1. The molecule has 154 valence electrons. The fourth-order valence-electron chi connectivity index (χ4n) is 3.74. The third kappa shape index (κ3) is 4.36. The number of methoxy groups -OCH3 is 1. The van der Waals surface area contributed by atoms with Crippen molar-refractivity contribution < 1.29 is 9.53 Å². The van der Waals surface area contributed by atoms with Crippen LogP contribution in [0.1, 0.15) is 36.8 Å². The standard InChI is InChI=1S/C19H23N7O2.ClH/c1-28-15-8-11(6-7-12(15)20)19-24-17(9-16(21)27)25-26(19)18-10-22-13-4-2-3-5-14(13)23-18;/h2-5,10-12,15H,6-9,20H2,1H3,(H2,21,27);1H/t11-,12-,15-;/m0./s1. The predicted octanol–water partition coefficient (Wildman–Crippen LogP) is 1.27. The van der Waals surface area contributed by atoms with Gasteiger partial charge in [0.15, 0.2) is 11.6 Å². The maximum absolute atomic E-state index is 11.4. The van der Waals surface area contributed by atoms with Crippen LogP contribution in [0.15, 0.2) is 30.5 Å². The van der Waals surface area contributed by atoms with Gasteiger partial charge in [0, 0.05) is 19.1 Å². The summed E-state index contributed by atoms with van der Waals surface area (Å²) in [4.78, 5) is 25.1. The Balaban J connectivity index is 0.00000240. The lowest BCUT2D eigenvalue weighted by molar-refractivity contribution is -0.117. The molecule has 4 N–H and O–H groups in total. The molecular formula is C19H24ClN7O2. The molecule has 2 heterocycles. The van der Waals surface area contributed by atoms with E-state index in [1.807, 2.05) is 24.3 Å². The fraction of sp³-hybridized carbons (Fsp3) is 0.421. The van der Waals surface area contributed by atoms with Crippen molar-refractivity contribution in [1.82, 2.24) is 24.7 Å². The van der Waals surface area contributed by atoms with Gasteiger partial charge in [0.25, 0.3) is 0 Å². The molecule has 0 spiro atoms. The van der Waals surface area contributed by atoms with E-state index in [4.69, 9.17) is 16.2 Å². The molecule has 0 bridgehead atoms. The highest BCUT2D eigenvalue weighted by Crippen LogP contribution is 2.33. The second kappa shape index (κ2) is 8.81. The van der Waals surface area contributed by atoms with Crippen LogP contribution in [0, 0.1) is 0 Å². The number of halogens is 1. The minimum Gasteiger partial charge on any atom is -0.380 e. The number of fused-ring (bicyclic) bond motifs is 1. The zero-order chi connectivity index (χ0) is 19.7. The average molecular weight is 418 g/mol. The Morgan fingerprint density at radius 2 is 2.00 bits per heavy atom. The minimum atomic E-state index is -0.478. The largest absolute Gasteiger partial charge is 0.380 e. The van der Waals surface area contributed by atoms with Crippen molar-refractivity contribution in [3.63, 3.8) is 0 Å². The minimum absolute atomic E-state index is 0. The molecule has 0 saturated heterocycles. The number of nitrogens with zero attached hydrogens (tertiary/aromatic N) is 5. The molecule has 0 aliphatic heterocycles. The van der Waals surface area contributed by atoms with Gasteiger partial charge in [-0.3, -0.25) is 9.78 Å². The molecule has 4 rings (SSSR count). The van der Waals surface area contributed by atoms with Crippen LogP contribution in [-0.4, -0.2) is 49.9 Å². The van der Waals surface area contributed by atoms with Gasteiger partial charge in [0.1, 0.15) is 5.82 Å². The summed E-state index contributed by atoms with van der Waals surface area (Å²) in [5.74, 6) is 1.28. The van der Waals surface area contributed by atoms with E-state index in [2.05, 4.69) is 20.1 Å². The van der Waals surface area contributed by atoms with Crippen LogP contribution in [0.25, 0.3) is 16.9 Å². The van der Waals surface area contributed by atoms with Gasteiger partial charge >= 0.3 is 0 Å². The highest BCUT2D eigenvalue weighted by molar-refractivity contribution is 5.85. The van der Waals surface area contributed by atoms with Crippen molar-refractivity contribution in [3.05, 3.63) is 42.1 Å². The Morgan fingerprint density at radius 3 is 2.72 bits per heavy atom. The van der Waals surface area contributed by atoms with E-state index < -0.39 is 5.91 Å². The molecule has 1 aromatic carbocycles. The van der Waals surface area contributed by atoms with E-state index in [1.165, 1.54) is 0 Å². The van der Waals surface area contributed by atoms with Gasteiger partial charge in [-0.2, -0.15) is 4.68 Å². The van der Waals surface area contributed by atoms with Crippen LogP contribution in [0.3, 0.4) is 0 Å². The van der Waals surface area contributed by atoms with Crippen molar-refractivity contribution in [2.45, 2.75) is 43.7 Å². The van der Waals surface area contributed by atoms with E-state index in [1.54, 1.807) is 18.0 Å². The molecule has 9 nitrogen and oxygen atoms in total. The first kappa shape index (κ1) is 21.1. The molecule has 3 atom stereocenters. The normalized spacial score (nSPS) is 21.7. The lowest BCUT2D eigenvalue weighted by Crippen LogP contribution is -2.41. The van der Waals surface area contributed by atoms with Gasteiger partial charge in [-0.15, -0.1) is 17.5 Å². The molecular weight excluding hydrogens is 394 g/mol. The second-order valence-corrected chi connectivity index (χ2v) is 7.11. The molecule has 2 aromatic heterocycles. The number of carbonyl (C=O) groups excluding carboxylic acids is 1. The number of rotatable bonds is 5. The third-order valence-electron chi connectivity index (χ3n) is 5.17. The summed E-state index contributed by atoms with van der Waals surface area (Å²) in [5, 5.41) is 4.50. The molecule has 1 aliphatic carbocycles. The second-order valence-electron chi connectivity index (χ2n) is 7.11. The predicted molar refractivity (Wildman–Crippen MR) is 110 cm³/mol. The first-order valence-electron chi connectivity index (χ1n) is 9.30. The van der Waals surface area contributed by atoms with E-state index in [9.17, 15) is 4.79 Å². The van der Waals surface area contributed by atoms with Gasteiger partial charge in [0.2, 0.25) is 5.91 Å². The topological polar surface area (TPSA) is 135 Å². The molecule has 3 aromatic rings. The van der Waals surface area contributed by atoms with E-state index in [0.717, 1.165) is 36.1 Å². The average Bonchev–Trinajstić information content (AvgIpc) is 3.11. The molecule has 0 radical (unpaired) electrons. The van der Waals surface area contributed by atoms with Crippen molar-refractivity contribution in [1.29, 1.82) is 0 Å². The maximum atomic E-state index is 11.4. The summed E-state index contributed by atoms with van der Waals surface area (Å²) < 4.78 is 7.22. The number of carbonyl (C=O) groups is 1. The van der Waals surface area contributed by atoms with Crippen LogP contribution in [0.2, 0.25) is 0 Å². The van der Waals surface area contributed by atoms with E-state index in [-0.39, 0.29) is 36.9 Å². The first-order chi connectivity index (χ1) is 13.5. The number of aromatic nitrogens is 5. The molecule has 0 unspecified atom stereocenters. The monoisotopic (exact) mass is 417 g/mol. The van der Waals surface area contributed by atoms with Gasteiger partial charge in [-0.05, 0) is 31.4 Å². The summed E-state index contributed by atoms with van der Waals surface area (Å²) in [6.07, 6.45) is 4.00. The van der Waals surface area contributed by atoms with E-state index in [0.29, 0.717) is 11.6 Å². The van der Waals surface area contributed by atoms with Crippen molar-refractivity contribution >= 4 is 29.3 Å². The smallest absolute Gasteiger partial charge is 0.225 e. The maximum Gasteiger partial charge on any atom is 0.225 e. The number of hydrogen-bond acceptors (Lipinski definition) is 7. The summed E-state index contributed by atoms with van der Waals surface area (Å²) in [7, 11) is 1.67. The highest BCUT2D eigenvalue weighted by atomic mass is 35.5. The Labute approximate surface area is 174 Å². The molecule has 1 fully saturated rings. The Morgan fingerprint density at radius 1 is 1.24 bits per heavy atom. The van der Waals surface area contributed by atoms with Crippen LogP contribution < -0.4 is 11.5 Å². The molecule has 10 heteroatoms. The van der Waals surface area contributed by atoms with Gasteiger partial charge < -0.3 is 16.2 Å². The Kier molecular flexibility index (Phi) is 6.41. The number of benzene rings is 1. The van der Waals surface area contributed by atoms with Crippen LogP contribution in [0.4, 0.5) is 0 Å². The van der Waals surface area contributed by atoms with Gasteiger partial charge in [-0.1, -0.05) is 12.1 Å². The summed E-state index contributed by atoms with van der Waals surface area (Å²) in [6, 6.07) is 7.63. The summed E-state index contributed by atoms with van der Waals surface area (Å²) >= 11 is 0. The van der Waals surface area contributed by atoms with Crippen molar-refractivity contribution in [3.8, 4) is 5.82 Å². The van der Waals surface area contributed by atoms with Crippen molar-refractivity contribution in [2.24, 2.45) is 11.5 Å².